The van der Waals surface area contributed by atoms with Crippen molar-refractivity contribution in [3.63, 3.8) is 0 Å². The molecule has 1 unspecified atom stereocenters. The molecule has 0 fully saturated rings. The minimum Gasteiger partial charge on any atom is -0.321 e. The van der Waals surface area contributed by atoms with Gasteiger partial charge in [-0.1, -0.05) is 25.1 Å². The summed E-state index contributed by atoms with van der Waals surface area (Å²) in [6, 6.07) is 6.71. The normalized spacial score (nSPS) is 14.3. The second-order valence-corrected chi connectivity index (χ2v) is 5.93. The first-order valence-corrected chi connectivity index (χ1v) is 7.40. The van der Waals surface area contributed by atoms with Gasteiger partial charge in [-0.25, -0.2) is 4.39 Å². The molecule has 1 aromatic heterocycles. The zero-order chi connectivity index (χ0) is 14.9. The van der Waals surface area contributed by atoms with Gasteiger partial charge < -0.3 is 5.73 Å². The predicted molar refractivity (Wildman–Crippen MR) is 81.9 cm³/mol. The molecular formula is C15H19BrFN3. The summed E-state index contributed by atoms with van der Waals surface area (Å²) in [5, 5.41) is 4.37. The molecule has 0 saturated heterocycles. The quantitative estimate of drug-likeness (QED) is 0.927. The Balaban J connectivity index is 2.45. The molecule has 1 heterocycles. The second kappa shape index (κ2) is 5.66. The highest BCUT2D eigenvalue weighted by molar-refractivity contribution is 9.10. The number of aryl methyl sites for hydroxylation is 2. The lowest BCUT2D eigenvalue weighted by atomic mass is 9.83. The third kappa shape index (κ3) is 2.65. The third-order valence-corrected chi connectivity index (χ3v) is 4.82. The fourth-order valence-electron chi connectivity index (χ4n) is 2.45. The predicted octanol–water partition coefficient (Wildman–Crippen LogP) is 3.44. The molecule has 0 saturated carbocycles. The zero-order valence-corrected chi connectivity index (χ0v) is 13.5. The molecular weight excluding hydrogens is 321 g/mol. The minimum atomic E-state index is -0.742. The summed E-state index contributed by atoms with van der Waals surface area (Å²) in [6.45, 7) is 3.91. The Kier molecular flexibility index (Phi) is 4.30. The first-order valence-electron chi connectivity index (χ1n) is 6.61. The van der Waals surface area contributed by atoms with Crippen LogP contribution >= 0.6 is 15.9 Å². The first kappa shape index (κ1) is 15.2. The summed E-state index contributed by atoms with van der Waals surface area (Å²) in [4.78, 5) is 0. The fraction of sp³-hybridized carbons (Fsp3) is 0.400. The maximum atomic E-state index is 14.1. The van der Waals surface area contributed by atoms with Crippen LogP contribution in [-0.4, -0.2) is 9.78 Å². The Labute approximate surface area is 127 Å². The molecule has 2 aromatic rings. The van der Waals surface area contributed by atoms with Crippen molar-refractivity contribution >= 4 is 15.9 Å². The van der Waals surface area contributed by atoms with Crippen LogP contribution in [0.5, 0.6) is 0 Å². The van der Waals surface area contributed by atoms with Crippen LogP contribution in [0.15, 0.2) is 28.7 Å². The lowest BCUT2D eigenvalue weighted by molar-refractivity contribution is 0.392. The number of nitrogens with zero attached hydrogens (tertiary/aromatic N) is 2. The second-order valence-electron chi connectivity index (χ2n) is 5.14. The van der Waals surface area contributed by atoms with Crippen LogP contribution in [0.3, 0.4) is 0 Å². The van der Waals surface area contributed by atoms with E-state index >= 15 is 0 Å². The van der Waals surface area contributed by atoms with Gasteiger partial charge in [0.1, 0.15) is 5.82 Å². The number of hydrogen-bond acceptors (Lipinski definition) is 2. The van der Waals surface area contributed by atoms with Crippen molar-refractivity contribution in [2.75, 3.05) is 0 Å². The van der Waals surface area contributed by atoms with Crippen LogP contribution in [0.25, 0.3) is 0 Å². The molecule has 0 aliphatic rings. The van der Waals surface area contributed by atoms with Crippen LogP contribution in [0, 0.1) is 12.7 Å². The molecule has 3 nitrogen and oxygen atoms in total. The highest BCUT2D eigenvalue weighted by Gasteiger charge is 2.31. The van der Waals surface area contributed by atoms with E-state index in [0.717, 1.165) is 15.9 Å². The summed E-state index contributed by atoms with van der Waals surface area (Å²) in [5.41, 5.74) is 8.20. The Morgan fingerprint density at radius 1 is 1.40 bits per heavy atom. The molecule has 20 heavy (non-hydrogen) atoms. The Morgan fingerprint density at radius 2 is 2.05 bits per heavy atom. The van der Waals surface area contributed by atoms with E-state index < -0.39 is 5.54 Å². The number of aromatic nitrogens is 2. The van der Waals surface area contributed by atoms with Gasteiger partial charge in [-0.05, 0) is 35.3 Å². The molecule has 0 aliphatic heterocycles. The van der Waals surface area contributed by atoms with Gasteiger partial charge in [-0.2, -0.15) is 5.10 Å². The van der Waals surface area contributed by atoms with Crippen molar-refractivity contribution in [2.24, 2.45) is 12.8 Å². The standard InChI is InChI=1S/C15H19BrFN3/c1-4-15(18,11-7-5-6-8-12(11)17)9-13-14(16)10(2)19-20(13)3/h5-8H,4,9,18H2,1-3H3. The first-order chi connectivity index (χ1) is 9.39. The summed E-state index contributed by atoms with van der Waals surface area (Å²) in [5.74, 6) is -0.258. The van der Waals surface area contributed by atoms with Crippen molar-refractivity contribution < 1.29 is 4.39 Å². The molecule has 2 N–H and O–H groups in total. The van der Waals surface area contributed by atoms with E-state index in [1.165, 1.54) is 6.07 Å². The van der Waals surface area contributed by atoms with Gasteiger partial charge in [-0.3, -0.25) is 4.68 Å². The summed E-state index contributed by atoms with van der Waals surface area (Å²) in [7, 11) is 1.88. The van der Waals surface area contributed by atoms with Crippen LogP contribution in [-0.2, 0) is 19.0 Å². The van der Waals surface area contributed by atoms with Crippen molar-refractivity contribution in [1.29, 1.82) is 0 Å². The topological polar surface area (TPSA) is 43.8 Å². The average Bonchev–Trinajstić information content (AvgIpc) is 2.65. The summed E-state index contributed by atoms with van der Waals surface area (Å²) >= 11 is 3.54. The molecule has 1 atom stereocenters. The molecule has 0 bridgehead atoms. The Morgan fingerprint density at radius 3 is 2.55 bits per heavy atom. The van der Waals surface area contributed by atoms with Gasteiger partial charge in [0.05, 0.1) is 15.9 Å². The van der Waals surface area contributed by atoms with E-state index in [2.05, 4.69) is 21.0 Å². The summed E-state index contributed by atoms with van der Waals surface area (Å²) < 4.78 is 16.8. The Hall–Kier alpha value is -1.20. The largest absolute Gasteiger partial charge is 0.321 e. The molecule has 0 amide bonds. The van der Waals surface area contributed by atoms with E-state index in [0.29, 0.717) is 18.4 Å². The SMILES string of the molecule is CCC(N)(Cc1c(Br)c(C)nn1C)c1ccccc1F. The third-order valence-electron chi connectivity index (χ3n) is 3.79. The van der Waals surface area contributed by atoms with Gasteiger partial charge in [0.15, 0.2) is 0 Å². The van der Waals surface area contributed by atoms with Crippen LogP contribution in [0.2, 0.25) is 0 Å². The van der Waals surface area contributed by atoms with Gasteiger partial charge in [0.25, 0.3) is 0 Å². The van der Waals surface area contributed by atoms with Crippen molar-refractivity contribution in [3.8, 4) is 0 Å². The average molecular weight is 340 g/mol. The minimum absolute atomic E-state index is 0.258. The number of halogens is 2. The van der Waals surface area contributed by atoms with Gasteiger partial charge >= 0.3 is 0 Å². The Bertz CT molecular complexity index is 624. The van der Waals surface area contributed by atoms with Crippen molar-refractivity contribution in [2.45, 2.75) is 32.2 Å². The lowest BCUT2D eigenvalue weighted by Crippen LogP contribution is -2.40. The monoisotopic (exact) mass is 339 g/mol. The highest BCUT2D eigenvalue weighted by Crippen LogP contribution is 2.32. The van der Waals surface area contributed by atoms with Crippen molar-refractivity contribution in [3.05, 3.63) is 51.5 Å². The van der Waals surface area contributed by atoms with Gasteiger partial charge in [0, 0.05) is 24.6 Å². The van der Waals surface area contributed by atoms with E-state index in [9.17, 15) is 4.39 Å². The van der Waals surface area contributed by atoms with Gasteiger partial charge in [0.2, 0.25) is 0 Å². The lowest BCUT2D eigenvalue weighted by Gasteiger charge is -2.29. The maximum Gasteiger partial charge on any atom is 0.128 e. The highest BCUT2D eigenvalue weighted by atomic mass is 79.9. The fourth-order valence-corrected chi connectivity index (χ4v) is 2.92. The molecule has 2 rings (SSSR count). The van der Waals surface area contributed by atoms with E-state index in [-0.39, 0.29) is 5.82 Å². The zero-order valence-electron chi connectivity index (χ0n) is 12.0. The number of hydrogen-bond donors (Lipinski definition) is 1. The number of nitrogens with two attached hydrogens (primary N) is 1. The van der Waals surface area contributed by atoms with Crippen LogP contribution < -0.4 is 5.73 Å². The van der Waals surface area contributed by atoms with Crippen molar-refractivity contribution in [1.82, 2.24) is 9.78 Å². The number of rotatable bonds is 4. The molecule has 0 radical (unpaired) electrons. The van der Waals surface area contributed by atoms with E-state index in [1.54, 1.807) is 16.8 Å². The molecule has 108 valence electrons. The molecule has 1 aromatic carbocycles. The van der Waals surface area contributed by atoms with E-state index in [4.69, 9.17) is 5.73 Å². The van der Waals surface area contributed by atoms with Crippen LogP contribution in [0.4, 0.5) is 4.39 Å². The smallest absolute Gasteiger partial charge is 0.128 e. The number of benzene rings is 1. The molecule has 5 heteroatoms. The van der Waals surface area contributed by atoms with Gasteiger partial charge in [-0.15, -0.1) is 0 Å². The maximum absolute atomic E-state index is 14.1. The molecule has 0 spiro atoms. The molecule has 0 aliphatic carbocycles. The van der Waals surface area contributed by atoms with E-state index in [1.807, 2.05) is 27.0 Å². The summed E-state index contributed by atoms with van der Waals surface area (Å²) in [6.07, 6.45) is 1.17. The van der Waals surface area contributed by atoms with Crippen LogP contribution in [0.1, 0.15) is 30.3 Å².